The Hall–Kier alpha value is -0.790. The Morgan fingerprint density at radius 2 is 1.54 bits per heavy atom. The highest BCUT2D eigenvalue weighted by atomic mass is 35.5. The number of halogens is 1. The second-order valence-corrected chi connectivity index (χ2v) is 10.6. The van der Waals surface area contributed by atoms with E-state index in [2.05, 4.69) is 22.9 Å². The van der Waals surface area contributed by atoms with Crippen LogP contribution in [0, 0.1) is 6.92 Å². The molecule has 1 aliphatic rings. The molecule has 28 heavy (non-hydrogen) atoms. The lowest BCUT2D eigenvalue weighted by molar-refractivity contribution is 0.408. The molecule has 0 bridgehead atoms. The number of fused-ring (bicyclic) bond motifs is 1. The molecule has 1 aromatic heterocycles. The van der Waals surface area contributed by atoms with Crippen molar-refractivity contribution in [1.82, 2.24) is 15.2 Å². The van der Waals surface area contributed by atoms with Gasteiger partial charge >= 0.3 is 0 Å². The first kappa shape index (κ1) is 23.5. The van der Waals surface area contributed by atoms with Crippen molar-refractivity contribution in [2.24, 2.45) is 0 Å². The van der Waals surface area contributed by atoms with E-state index in [1.54, 1.807) is 0 Å². The smallest absolute Gasteiger partial charge is 0.159 e. The summed E-state index contributed by atoms with van der Waals surface area (Å²) in [7, 11) is -2.97. The molecule has 1 atom stereocenters. The van der Waals surface area contributed by atoms with Crippen molar-refractivity contribution in [3.63, 3.8) is 0 Å². The third-order valence-corrected chi connectivity index (χ3v) is 7.68. The van der Waals surface area contributed by atoms with Gasteiger partial charge in [-0.3, -0.25) is 0 Å². The summed E-state index contributed by atoms with van der Waals surface area (Å²) in [6.07, 6.45) is 13.4. The summed E-state index contributed by atoms with van der Waals surface area (Å²) in [6.45, 7) is 4.10. The number of nitrogens with one attached hydrogen (secondary N) is 2. The average Bonchev–Trinajstić information content (AvgIpc) is 3.17. The van der Waals surface area contributed by atoms with E-state index >= 15 is 0 Å². The highest BCUT2D eigenvalue weighted by Gasteiger charge is 2.26. The Kier molecular flexibility index (Phi) is 10.1. The standard InChI is InChI=1S/C20H37ClN4O2S/c1-3-4-5-6-7-8-9-10-11-12-15-28(26,27)16-13-14-18-22-23-20-19(21)17(2)24-25(18)20/h18,22-23H,3-16H2,1-2H3. The van der Waals surface area contributed by atoms with Gasteiger partial charge < -0.3 is 5.43 Å². The lowest BCUT2D eigenvalue weighted by Gasteiger charge is -2.11. The number of hydrogen-bond donors (Lipinski definition) is 2. The average molecular weight is 433 g/mol. The van der Waals surface area contributed by atoms with Crippen molar-refractivity contribution < 1.29 is 8.42 Å². The van der Waals surface area contributed by atoms with Gasteiger partial charge in [-0.05, 0) is 26.2 Å². The molecule has 0 aromatic carbocycles. The molecule has 0 radical (unpaired) electrons. The van der Waals surface area contributed by atoms with Crippen molar-refractivity contribution >= 4 is 27.3 Å². The van der Waals surface area contributed by atoms with Crippen LogP contribution >= 0.6 is 11.6 Å². The van der Waals surface area contributed by atoms with Crippen LogP contribution in [0.15, 0.2) is 0 Å². The molecule has 8 heteroatoms. The van der Waals surface area contributed by atoms with E-state index in [0.29, 0.717) is 23.6 Å². The Labute approximate surface area is 175 Å². The highest BCUT2D eigenvalue weighted by Crippen LogP contribution is 2.32. The van der Waals surface area contributed by atoms with Gasteiger partial charge in [0.25, 0.3) is 0 Å². The Bertz CT molecular complexity index is 691. The van der Waals surface area contributed by atoms with E-state index in [9.17, 15) is 8.42 Å². The summed E-state index contributed by atoms with van der Waals surface area (Å²) in [5.41, 5.74) is 6.93. The fraction of sp³-hybridized carbons (Fsp3) is 0.850. The van der Waals surface area contributed by atoms with Gasteiger partial charge in [-0.25, -0.2) is 18.5 Å². The van der Waals surface area contributed by atoms with Crippen LogP contribution in [-0.4, -0.2) is 29.7 Å². The minimum Gasteiger partial charge on any atom is -0.303 e. The second kappa shape index (κ2) is 12.0. The molecule has 0 fully saturated rings. The van der Waals surface area contributed by atoms with Crippen molar-refractivity contribution in [2.75, 3.05) is 16.9 Å². The third kappa shape index (κ3) is 7.56. The Morgan fingerprint density at radius 1 is 0.964 bits per heavy atom. The first-order valence-corrected chi connectivity index (χ1v) is 13.1. The number of sulfone groups is 1. The van der Waals surface area contributed by atoms with Gasteiger partial charge in [-0.15, -0.1) is 0 Å². The SMILES string of the molecule is CCCCCCCCCCCCS(=O)(=O)CCCC1NNc2c(Cl)c(C)nn21. The summed E-state index contributed by atoms with van der Waals surface area (Å²) in [5.74, 6) is 1.32. The van der Waals surface area contributed by atoms with Crippen LogP contribution in [0.3, 0.4) is 0 Å². The monoisotopic (exact) mass is 432 g/mol. The van der Waals surface area contributed by atoms with E-state index in [-0.39, 0.29) is 11.9 Å². The number of nitrogens with zero attached hydrogens (tertiary/aromatic N) is 2. The maximum Gasteiger partial charge on any atom is 0.159 e. The number of anilines is 1. The zero-order chi connectivity index (χ0) is 20.4. The van der Waals surface area contributed by atoms with Gasteiger partial charge in [-0.2, -0.15) is 5.10 Å². The quantitative estimate of drug-likeness (QED) is 0.363. The number of rotatable bonds is 15. The fourth-order valence-electron chi connectivity index (χ4n) is 3.68. The lowest BCUT2D eigenvalue weighted by Crippen LogP contribution is -2.23. The molecule has 0 saturated carbocycles. The van der Waals surface area contributed by atoms with Gasteiger partial charge in [0.15, 0.2) is 5.82 Å². The summed E-state index contributed by atoms with van der Waals surface area (Å²) in [5, 5.41) is 5.02. The topological polar surface area (TPSA) is 76.0 Å². The van der Waals surface area contributed by atoms with Crippen LogP contribution < -0.4 is 10.9 Å². The molecule has 0 saturated heterocycles. The number of aromatic nitrogens is 2. The number of hydrogen-bond acceptors (Lipinski definition) is 5. The zero-order valence-electron chi connectivity index (χ0n) is 17.5. The predicted molar refractivity (Wildman–Crippen MR) is 118 cm³/mol. The first-order valence-electron chi connectivity index (χ1n) is 10.9. The molecule has 1 unspecified atom stereocenters. The third-order valence-electron chi connectivity index (χ3n) is 5.41. The van der Waals surface area contributed by atoms with Crippen molar-refractivity contribution in [2.45, 2.75) is 97.1 Å². The predicted octanol–water partition coefficient (Wildman–Crippen LogP) is 5.39. The van der Waals surface area contributed by atoms with Crippen molar-refractivity contribution in [3.05, 3.63) is 10.7 Å². The molecule has 2 rings (SSSR count). The summed E-state index contributed by atoms with van der Waals surface area (Å²) in [6, 6.07) is 0. The molecule has 0 aliphatic carbocycles. The van der Waals surface area contributed by atoms with Crippen molar-refractivity contribution in [1.29, 1.82) is 0 Å². The van der Waals surface area contributed by atoms with Crippen LogP contribution in [0.2, 0.25) is 5.02 Å². The molecular formula is C20H37ClN4O2S. The van der Waals surface area contributed by atoms with E-state index in [4.69, 9.17) is 11.6 Å². The van der Waals surface area contributed by atoms with Crippen LogP contribution in [0.4, 0.5) is 5.82 Å². The minimum absolute atomic E-state index is 0.0475. The van der Waals surface area contributed by atoms with Crippen LogP contribution in [0.5, 0.6) is 0 Å². The first-order chi connectivity index (χ1) is 13.4. The normalized spacial score (nSPS) is 16.3. The summed E-state index contributed by atoms with van der Waals surface area (Å²) in [4.78, 5) is 0. The van der Waals surface area contributed by atoms with Gasteiger partial charge in [0, 0.05) is 0 Å². The van der Waals surface area contributed by atoms with E-state index in [1.165, 1.54) is 44.9 Å². The zero-order valence-corrected chi connectivity index (χ0v) is 19.0. The molecular weight excluding hydrogens is 396 g/mol. The largest absolute Gasteiger partial charge is 0.303 e. The molecule has 0 amide bonds. The fourth-order valence-corrected chi connectivity index (χ4v) is 5.31. The number of aryl methyl sites for hydroxylation is 1. The summed E-state index contributed by atoms with van der Waals surface area (Å²) >= 11 is 6.18. The van der Waals surface area contributed by atoms with Gasteiger partial charge in [0.05, 0.1) is 17.2 Å². The second-order valence-electron chi connectivity index (χ2n) is 7.95. The highest BCUT2D eigenvalue weighted by molar-refractivity contribution is 7.91. The van der Waals surface area contributed by atoms with E-state index in [1.807, 2.05) is 11.6 Å². The van der Waals surface area contributed by atoms with E-state index in [0.717, 1.165) is 30.8 Å². The summed E-state index contributed by atoms with van der Waals surface area (Å²) < 4.78 is 26.3. The minimum atomic E-state index is -2.97. The molecule has 2 heterocycles. The van der Waals surface area contributed by atoms with Gasteiger partial charge in [0.2, 0.25) is 0 Å². The number of unbranched alkanes of at least 4 members (excludes halogenated alkanes) is 9. The maximum atomic E-state index is 12.3. The van der Waals surface area contributed by atoms with Crippen LogP contribution in [-0.2, 0) is 9.84 Å². The van der Waals surface area contributed by atoms with Gasteiger partial charge in [0.1, 0.15) is 21.0 Å². The molecule has 1 aromatic rings. The Balaban J connectivity index is 1.53. The number of hydrazine groups is 1. The van der Waals surface area contributed by atoms with Gasteiger partial charge in [-0.1, -0.05) is 76.3 Å². The molecule has 0 spiro atoms. The molecule has 2 N–H and O–H groups in total. The Morgan fingerprint density at radius 3 is 2.18 bits per heavy atom. The molecule has 1 aliphatic heterocycles. The van der Waals surface area contributed by atoms with Crippen LogP contribution in [0.25, 0.3) is 0 Å². The molecule has 6 nitrogen and oxygen atoms in total. The van der Waals surface area contributed by atoms with Crippen molar-refractivity contribution in [3.8, 4) is 0 Å². The van der Waals surface area contributed by atoms with Crippen LogP contribution in [0.1, 0.15) is 95.8 Å². The van der Waals surface area contributed by atoms with E-state index < -0.39 is 9.84 Å². The maximum absolute atomic E-state index is 12.3. The lowest BCUT2D eigenvalue weighted by atomic mass is 10.1. The molecule has 162 valence electrons.